The van der Waals surface area contributed by atoms with E-state index in [4.69, 9.17) is 5.11 Å². The summed E-state index contributed by atoms with van der Waals surface area (Å²) in [6, 6.07) is 10.5. The molecule has 5 heteroatoms. The quantitative estimate of drug-likeness (QED) is 0.908. The maximum Gasteiger partial charge on any atom is 0.335 e. The van der Waals surface area contributed by atoms with Crippen LogP contribution in [0.25, 0.3) is 0 Å². The number of carboxylic acid groups (broad SMARTS) is 1. The van der Waals surface area contributed by atoms with Crippen LogP contribution in [0.3, 0.4) is 0 Å². The third kappa shape index (κ3) is 3.66. The van der Waals surface area contributed by atoms with Gasteiger partial charge in [-0.15, -0.1) is 0 Å². The molecule has 0 saturated carbocycles. The van der Waals surface area contributed by atoms with Crippen molar-refractivity contribution < 1.29 is 19.1 Å². The highest BCUT2D eigenvalue weighted by atomic mass is 19.1. The van der Waals surface area contributed by atoms with Gasteiger partial charge in [0.15, 0.2) is 0 Å². The zero-order valence-corrected chi connectivity index (χ0v) is 11.4. The van der Waals surface area contributed by atoms with E-state index in [1.54, 1.807) is 31.2 Å². The van der Waals surface area contributed by atoms with Crippen LogP contribution in [0.4, 0.5) is 4.39 Å². The van der Waals surface area contributed by atoms with E-state index in [1.165, 1.54) is 18.2 Å². The van der Waals surface area contributed by atoms with Gasteiger partial charge in [-0.05, 0) is 42.3 Å². The van der Waals surface area contributed by atoms with Crippen LogP contribution in [0.15, 0.2) is 42.5 Å². The third-order valence-corrected chi connectivity index (χ3v) is 3.09. The first-order chi connectivity index (χ1) is 9.97. The van der Waals surface area contributed by atoms with Crippen LogP contribution < -0.4 is 5.32 Å². The molecule has 2 aromatic carbocycles. The van der Waals surface area contributed by atoms with Gasteiger partial charge in [0.25, 0.3) is 5.91 Å². The van der Waals surface area contributed by atoms with Gasteiger partial charge in [-0.3, -0.25) is 4.79 Å². The maximum atomic E-state index is 13.4. The second-order valence-corrected chi connectivity index (χ2v) is 4.65. The van der Waals surface area contributed by atoms with Crippen molar-refractivity contribution in [1.29, 1.82) is 0 Å². The number of halogens is 1. The van der Waals surface area contributed by atoms with Gasteiger partial charge in [0.1, 0.15) is 5.82 Å². The highest BCUT2D eigenvalue weighted by Crippen LogP contribution is 2.10. The van der Waals surface area contributed by atoms with Crippen molar-refractivity contribution in [2.75, 3.05) is 0 Å². The van der Waals surface area contributed by atoms with E-state index in [9.17, 15) is 14.0 Å². The molecule has 0 bridgehead atoms. The van der Waals surface area contributed by atoms with Crippen molar-refractivity contribution >= 4 is 11.9 Å². The molecule has 108 valence electrons. The molecule has 0 radical (unpaired) electrons. The molecule has 2 N–H and O–H groups in total. The smallest absolute Gasteiger partial charge is 0.335 e. The van der Waals surface area contributed by atoms with E-state index in [2.05, 4.69) is 5.32 Å². The number of amides is 1. The first-order valence-corrected chi connectivity index (χ1v) is 6.34. The molecule has 1 amide bonds. The van der Waals surface area contributed by atoms with E-state index in [0.717, 1.165) is 5.56 Å². The van der Waals surface area contributed by atoms with Gasteiger partial charge in [-0.2, -0.15) is 0 Å². The standard InChI is InChI=1S/C16H14FNO3/c1-10-2-5-13(8-14(10)17)15(19)18-9-11-3-6-12(7-4-11)16(20)21/h2-8H,9H2,1H3,(H,18,19)(H,20,21). The summed E-state index contributed by atoms with van der Waals surface area (Å²) in [7, 11) is 0. The molecule has 0 atom stereocenters. The summed E-state index contributed by atoms with van der Waals surface area (Å²) >= 11 is 0. The summed E-state index contributed by atoms with van der Waals surface area (Å²) in [6.07, 6.45) is 0. The van der Waals surface area contributed by atoms with Gasteiger partial charge in [0, 0.05) is 12.1 Å². The van der Waals surface area contributed by atoms with Crippen molar-refractivity contribution in [3.63, 3.8) is 0 Å². The van der Waals surface area contributed by atoms with Crippen molar-refractivity contribution in [3.8, 4) is 0 Å². The zero-order valence-electron chi connectivity index (χ0n) is 11.4. The van der Waals surface area contributed by atoms with Crippen molar-refractivity contribution in [2.45, 2.75) is 13.5 Å². The fourth-order valence-electron chi connectivity index (χ4n) is 1.78. The Kier molecular flexibility index (Phi) is 4.33. The Hall–Kier alpha value is -2.69. The Morgan fingerprint density at radius 3 is 2.29 bits per heavy atom. The van der Waals surface area contributed by atoms with Crippen LogP contribution in [-0.4, -0.2) is 17.0 Å². The molecule has 2 rings (SSSR count). The molecular formula is C16H14FNO3. The second-order valence-electron chi connectivity index (χ2n) is 4.65. The molecule has 0 aliphatic heterocycles. The molecular weight excluding hydrogens is 273 g/mol. The number of nitrogens with one attached hydrogen (secondary N) is 1. The molecule has 0 aliphatic carbocycles. The number of rotatable bonds is 4. The lowest BCUT2D eigenvalue weighted by molar-refractivity contribution is 0.0696. The summed E-state index contributed by atoms with van der Waals surface area (Å²) in [4.78, 5) is 22.6. The van der Waals surface area contributed by atoms with Crippen molar-refractivity contribution in [3.05, 3.63) is 70.5 Å². The average Bonchev–Trinajstić information content (AvgIpc) is 2.48. The van der Waals surface area contributed by atoms with E-state index >= 15 is 0 Å². The molecule has 21 heavy (non-hydrogen) atoms. The Morgan fingerprint density at radius 1 is 1.10 bits per heavy atom. The maximum absolute atomic E-state index is 13.4. The van der Waals surface area contributed by atoms with Crippen LogP contribution in [0.5, 0.6) is 0 Å². The second kappa shape index (κ2) is 6.17. The molecule has 0 aromatic heterocycles. The first-order valence-electron chi connectivity index (χ1n) is 6.34. The molecule has 2 aromatic rings. The Balaban J connectivity index is 2.00. The van der Waals surface area contributed by atoms with Gasteiger partial charge < -0.3 is 10.4 Å². The number of benzene rings is 2. The Labute approximate surface area is 121 Å². The summed E-state index contributed by atoms with van der Waals surface area (Å²) < 4.78 is 13.4. The minimum atomic E-state index is -0.999. The van der Waals surface area contributed by atoms with Crippen LogP contribution in [0, 0.1) is 12.7 Å². The van der Waals surface area contributed by atoms with Crippen LogP contribution in [-0.2, 0) is 6.54 Å². The highest BCUT2D eigenvalue weighted by Gasteiger charge is 2.08. The van der Waals surface area contributed by atoms with Crippen LogP contribution in [0.2, 0.25) is 0 Å². The summed E-state index contributed by atoms with van der Waals surface area (Å²) in [5.41, 5.74) is 1.68. The number of hydrogen-bond donors (Lipinski definition) is 2. The molecule has 0 aliphatic rings. The fourth-order valence-corrected chi connectivity index (χ4v) is 1.78. The van der Waals surface area contributed by atoms with Gasteiger partial charge >= 0.3 is 5.97 Å². The number of aryl methyl sites for hydroxylation is 1. The number of carboxylic acids is 1. The Morgan fingerprint density at radius 2 is 1.71 bits per heavy atom. The predicted octanol–water partition coefficient (Wildman–Crippen LogP) is 2.76. The van der Waals surface area contributed by atoms with E-state index in [1.807, 2.05) is 0 Å². The molecule has 0 spiro atoms. The van der Waals surface area contributed by atoms with E-state index in [0.29, 0.717) is 5.56 Å². The molecule has 4 nitrogen and oxygen atoms in total. The van der Waals surface area contributed by atoms with Crippen LogP contribution >= 0.6 is 0 Å². The number of aromatic carboxylic acids is 1. The van der Waals surface area contributed by atoms with Crippen LogP contribution in [0.1, 0.15) is 31.8 Å². The first kappa shape index (κ1) is 14.7. The molecule has 0 saturated heterocycles. The lowest BCUT2D eigenvalue weighted by Crippen LogP contribution is -2.23. The lowest BCUT2D eigenvalue weighted by atomic mass is 10.1. The minimum absolute atomic E-state index is 0.186. The summed E-state index contributed by atoms with van der Waals surface area (Å²) in [5, 5.41) is 11.4. The molecule has 0 fully saturated rings. The van der Waals surface area contributed by atoms with Gasteiger partial charge in [-0.25, -0.2) is 9.18 Å². The highest BCUT2D eigenvalue weighted by molar-refractivity contribution is 5.94. The largest absolute Gasteiger partial charge is 0.478 e. The normalized spacial score (nSPS) is 10.2. The summed E-state index contributed by atoms with van der Waals surface area (Å²) in [6.45, 7) is 1.87. The molecule has 0 heterocycles. The molecule has 0 unspecified atom stereocenters. The topological polar surface area (TPSA) is 66.4 Å². The third-order valence-electron chi connectivity index (χ3n) is 3.09. The fraction of sp³-hybridized carbons (Fsp3) is 0.125. The van der Waals surface area contributed by atoms with Gasteiger partial charge in [0.2, 0.25) is 0 Å². The van der Waals surface area contributed by atoms with Crippen molar-refractivity contribution in [1.82, 2.24) is 5.32 Å². The van der Waals surface area contributed by atoms with E-state index in [-0.39, 0.29) is 23.6 Å². The number of hydrogen-bond acceptors (Lipinski definition) is 2. The van der Waals surface area contributed by atoms with E-state index < -0.39 is 11.8 Å². The number of carbonyl (C=O) groups is 2. The summed E-state index contributed by atoms with van der Waals surface area (Å²) in [5.74, 6) is -1.80. The van der Waals surface area contributed by atoms with Gasteiger partial charge in [-0.1, -0.05) is 18.2 Å². The monoisotopic (exact) mass is 287 g/mol. The SMILES string of the molecule is Cc1ccc(C(=O)NCc2ccc(C(=O)O)cc2)cc1F. The average molecular weight is 287 g/mol. The lowest BCUT2D eigenvalue weighted by Gasteiger charge is -2.06. The van der Waals surface area contributed by atoms with Crippen molar-refractivity contribution in [2.24, 2.45) is 0 Å². The number of carbonyl (C=O) groups excluding carboxylic acids is 1. The minimum Gasteiger partial charge on any atom is -0.478 e. The zero-order chi connectivity index (χ0) is 15.4. The predicted molar refractivity (Wildman–Crippen MR) is 75.7 cm³/mol. The van der Waals surface area contributed by atoms with Gasteiger partial charge in [0.05, 0.1) is 5.56 Å². The Bertz CT molecular complexity index is 680.